The van der Waals surface area contributed by atoms with Gasteiger partial charge in [-0.3, -0.25) is 0 Å². The van der Waals surface area contributed by atoms with Crippen LogP contribution in [0, 0.1) is 0 Å². The van der Waals surface area contributed by atoms with Crippen LogP contribution in [-0.2, 0) is 11.2 Å². The summed E-state index contributed by atoms with van der Waals surface area (Å²) in [5.41, 5.74) is 1.04. The van der Waals surface area contributed by atoms with Crippen molar-refractivity contribution < 1.29 is 23.7 Å². The summed E-state index contributed by atoms with van der Waals surface area (Å²) in [5.74, 6) is 1.83. The lowest BCUT2D eigenvalue weighted by atomic mass is 10.0. The summed E-state index contributed by atoms with van der Waals surface area (Å²) >= 11 is 0. The molecule has 1 atom stereocenters. The SMILES string of the molecule is CCOC(=O)N1CCCC1Cc1cc(OC)c(OC)c(OC)c1. The molecule has 1 aromatic carbocycles. The molecule has 0 spiro atoms. The van der Waals surface area contributed by atoms with Crippen LogP contribution >= 0.6 is 0 Å². The van der Waals surface area contributed by atoms with Gasteiger partial charge in [0.15, 0.2) is 11.5 Å². The number of ether oxygens (including phenoxy) is 4. The Morgan fingerprint density at radius 1 is 1.17 bits per heavy atom. The molecule has 1 unspecified atom stereocenters. The second-order valence-electron chi connectivity index (χ2n) is 5.43. The van der Waals surface area contributed by atoms with E-state index in [1.807, 2.05) is 24.0 Å². The average molecular weight is 323 g/mol. The van der Waals surface area contributed by atoms with Crippen LogP contribution in [0.15, 0.2) is 12.1 Å². The average Bonchev–Trinajstić information content (AvgIpc) is 3.02. The fourth-order valence-electron chi connectivity index (χ4n) is 3.02. The second-order valence-corrected chi connectivity index (χ2v) is 5.43. The summed E-state index contributed by atoms with van der Waals surface area (Å²) in [6, 6.07) is 4.00. The van der Waals surface area contributed by atoms with Crippen LogP contribution in [0.5, 0.6) is 17.2 Å². The van der Waals surface area contributed by atoms with Crippen LogP contribution in [0.3, 0.4) is 0 Å². The van der Waals surface area contributed by atoms with Gasteiger partial charge < -0.3 is 23.8 Å². The third-order valence-electron chi connectivity index (χ3n) is 4.08. The number of nitrogens with zero attached hydrogens (tertiary/aromatic N) is 1. The van der Waals surface area contributed by atoms with E-state index in [0.29, 0.717) is 23.9 Å². The molecule has 6 heteroatoms. The topological polar surface area (TPSA) is 57.2 Å². The molecule has 1 amide bonds. The van der Waals surface area contributed by atoms with E-state index in [9.17, 15) is 4.79 Å². The monoisotopic (exact) mass is 323 g/mol. The largest absolute Gasteiger partial charge is 0.493 e. The molecule has 0 radical (unpaired) electrons. The van der Waals surface area contributed by atoms with Gasteiger partial charge in [-0.1, -0.05) is 0 Å². The molecule has 0 aromatic heterocycles. The molecule has 1 aliphatic rings. The molecular weight excluding hydrogens is 298 g/mol. The minimum Gasteiger partial charge on any atom is -0.493 e. The standard InChI is InChI=1S/C17H25NO5/c1-5-23-17(19)18-8-6-7-13(18)9-12-10-14(20-2)16(22-4)15(11-12)21-3/h10-11,13H,5-9H2,1-4H3. The lowest BCUT2D eigenvalue weighted by molar-refractivity contribution is 0.103. The number of likely N-dealkylation sites (tertiary alicyclic amines) is 1. The number of methoxy groups -OCH3 is 3. The molecule has 1 heterocycles. The van der Waals surface area contributed by atoms with Gasteiger partial charge in [-0.2, -0.15) is 0 Å². The Morgan fingerprint density at radius 3 is 2.35 bits per heavy atom. The van der Waals surface area contributed by atoms with Crippen molar-refractivity contribution in [3.05, 3.63) is 17.7 Å². The summed E-state index contributed by atoms with van der Waals surface area (Å²) in [4.78, 5) is 13.8. The molecule has 1 aliphatic heterocycles. The number of carbonyl (C=O) groups excluding carboxylic acids is 1. The molecule has 0 N–H and O–H groups in total. The molecule has 0 saturated carbocycles. The number of benzene rings is 1. The minimum absolute atomic E-state index is 0.136. The first-order valence-electron chi connectivity index (χ1n) is 7.86. The lowest BCUT2D eigenvalue weighted by Gasteiger charge is -2.24. The summed E-state index contributed by atoms with van der Waals surface area (Å²) in [7, 11) is 4.78. The van der Waals surface area contributed by atoms with Crippen molar-refractivity contribution in [3.8, 4) is 17.2 Å². The van der Waals surface area contributed by atoms with Gasteiger partial charge >= 0.3 is 6.09 Å². The fourth-order valence-corrected chi connectivity index (χ4v) is 3.02. The van der Waals surface area contributed by atoms with Crippen LogP contribution in [0.25, 0.3) is 0 Å². The van der Waals surface area contributed by atoms with Gasteiger partial charge in [0.25, 0.3) is 0 Å². The van der Waals surface area contributed by atoms with Gasteiger partial charge in [-0.15, -0.1) is 0 Å². The van der Waals surface area contributed by atoms with E-state index >= 15 is 0 Å². The lowest BCUT2D eigenvalue weighted by Crippen LogP contribution is -2.37. The second kappa shape index (κ2) is 7.94. The first-order valence-corrected chi connectivity index (χ1v) is 7.86. The summed E-state index contributed by atoms with van der Waals surface area (Å²) in [6.07, 6.45) is 2.46. The first kappa shape index (κ1) is 17.2. The number of amides is 1. The maximum atomic E-state index is 12.0. The third kappa shape index (κ3) is 3.81. The smallest absolute Gasteiger partial charge is 0.410 e. The van der Waals surface area contributed by atoms with Gasteiger partial charge in [0.1, 0.15) is 0 Å². The predicted molar refractivity (Wildman–Crippen MR) is 86.6 cm³/mol. The van der Waals surface area contributed by atoms with Gasteiger partial charge in [0, 0.05) is 12.6 Å². The number of hydrogen-bond acceptors (Lipinski definition) is 5. The molecule has 1 aromatic rings. The zero-order chi connectivity index (χ0) is 16.8. The molecule has 1 fully saturated rings. The highest BCUT2D eigenvalue weighted by atomic mass is 16.6. The van der Waals surface area contributed by atoms with Crippen LogP contribution in [-0.4, -0.2) is 51.5 Å². The number of rotatable bonds is 6. The van der Waals surface area contributed by atoms with E-state index in [0.717, 1.165) is 31.4 Å². The molecular formula is C17H25NO5. The van der Waals surface area contributed by atoms with Crippen LogP contribution < -0.4 is 14.2 Å². The van der Waals surface area contributed by atoms with Crippen LogP contribution in [0.1, 0.15) is 25.3 Å². The zero-order valence-electron chi connectivity index (χ0n) is 14.3. The third-order valence-corrected chi connectivity index (χ3v) is 4.08. The Morgan fingerprint density at radius 2 is 1.83 bits per heavy atom. The van der Waals surface area contributed by atoms with Crippen molar-refractivity contribution in [2.75, 3.05) is 34.5 Å². The van der Waals surface area contributed by atoms with E-state index in [2.05, 4.69) is 0 Å². The Labute approximate surface area is 137 Å². The molecule has 2 rings (SSSR count). The van der Waals surface area contributed by atoms with E-state index in [1.54, 1.807) is 21.3 Å². The Balaban J connectivity index is 2.20. The van der Waals surface area contributed by atoms with Gasteiger partial charge in [0.2, 0.25) is 5.75 Å². The van der Waals surface area contributed by atoms with Crippen LogP contribution in [0.2, 0.25) is 0 Å². The van der Waals surface area contributed by atoms with Crippen molar-refractivity contribution in [1.29, 1.82) is 0 Å². The summed E-state index contributed by atoms with van der Waals surface area (Å²) in [6.45, 7) is 2.96. The first-order chi connectivity index (χ1) is 11.1. The number of carbonyl (C=O) groups is 1. The molecule has 1 saturated heterocycles. The summed E-state index contributed by atoms with van der Waals surface area (Å²) in [5, 5.41) is 0. The quantitative estimate of drug-likeness (QED) is 0.806. The predicted octanol–water partition coefficient (Wildman–Crippen LogP) is 2.88. The highest BCUT2D eigenvalue weighted by molar-refractivity contribution is 5.68. The minimum atomic E-state index is -0.234. The fraction of sp³-hybridized carbons (Fsp3) is 0.588. The van der Waals surface area contributed by atoms with E-state index in [-0.39, 0.29) is 12.1 Å². The summed E-state index contributed by atoms with van der Waals surface area (Å²) < 4.78 is 21.3. The van der Waals surface area contributed by atoms with Crippen molar-refractivity contribution in [3.63, 3.8) is 0 Å². The highest BCUT2D eigenvalue weighted by Crippen LogP contribution is 2.39. The molecule has 6 nitrogen and oxygen atoms in total. The Bertz CT molecular complexity index is 521. The van der Waals surface area contributed by atoms with Crippen molar-refractivity contribution in [2.45, 2.75) is 32.2 Å². The number of hydrogen-bond donors (Lipinski definition) is 0. The zero-order valence-corrected chi connectivity index (χ0v) is 14.3. The highest BCUT2D eigenvalue weighted by Gasteiger charge is 2.30. The van der Waals surface area contributed by atoms with E-state index in [4.69, 9.17) is 18.9 Å². The molecule has 0 bridgehead atoms. The molecule has 0 aliphatic carbocycles. The van der Waals surface area contributed by atoms with Gasteiger partial charge in [-0.05, 0) is 43.9 Å². The van der Waals surface area contributed by atoms with Crippen LogP contribution in [0.4, 0.5) is 4.79 Å². The Hall–Kier alpha value is -2.11. The van der Waals surface area contributed by atoms with E-state index < -0.39 is 0 Å². The van der Waals surface area contributed by atoms with Crippen molar-refractivity contribution in [2.24, 2.45) is 0 Å². The van der Waals surface area contributed by atoms with E-state index in [1.165, 1.54) is 0 Å². The van der Waals surface area contributed by atoms with Gasteiger partial charge in [0.05, 0.1) is 27.9 Å². The Kier molecular flexibility index (Phi) is 5.96. The van der Waals surface area contributed by atoms with Crippen molar-refractivity contribution in [1.82, 2.24) is 4.90 Å². The molecule has 128 valence electrons. The maximum Gasteiger partial charge on any atom is 0.410 e. The maximum absolute atomic E-state index is 12.0. The molecule has 23 heavy (non-hydrogen) atoms. The van der Waals surface area contributed by atoms with Crippen molar-refractivity contribution >= 4 is 6.09 Å². The van der Waals surface area contributed by atoms with Gasteiger partial charge in [-0.25, -0.2) is 4.79 Å². The normalized spacial score (nSPS) is 17.0.